The summed E-state index contributed by atoms with van der Waals surface area (Å²) >= 11 is 0. The molecule has 2 rings (SSSR count). The first-order valence-corrected chi connectivity index (χ1v) is 10.7. The SMILES string of the molecule is CCCCCc1cnc(-c2ccc(OC(=O)CCCCC(C)CC)cc2)nc1. The number of carbonyl (C=O) groups is 1. The highest BCUT2D eigenvalue weighted by atomic mass is 16.5. The van der Waals surface area contributed by atoms with Gasteiger partial charge in [0, 0.05) is 24.4 Å². The van der Waals surface area contributed by atoms with Gasteiger partial charge >= 0.3 is 5.97 Å². The fraction of sp³-hybridized carbons (Fsp3) is 0.542. The molecule has 0 spiro atoms. The van der Waals surface area contributed by atoms with Gasteiger partial charge in [0.15, 0.2) is 5.82 Å². The van der Waals surface area contributed by atoms with E-state index in [1.807, 2.05) is 36.7 Å². The molecule has 0 fully saturated rings. The van der Waals surface area contributed by atoms with Crippen molar-refractivity contribution in [3.05, 3.63) is 42.2 Å². The number of rotatable bonds is 12. The Labute approximate surface area is 169 Å². The molecule has 1 heterocycles. The van der Waals surface area contributed by atoms with Crippen LogP contribution in [0.1, 0.15) is 77.7 Å². The maximum atomic E-state index is 12.0. The van der Waals surface area contributed by atoms with Crippen LogP contribution in [0.5, 0.6) is 5.75 Å². The highest BCUT2D eigenvalue weighted by molar-refractivity contribution is 5.72. The van der Waals surface area contributed by atoms with Gasteiger partial charge in [-0.1, -0.05) is 52.9 Å². The van der Waals surface area contributed by atoms with Crippen molar-refractivity contribution in [1.82, 2.24) is 9.97 Å². The Hall–Kier alpha value is -2.23. The predicted octanol–water partition coefficient (Wildman–Crippen LogP) is 6.39. The van der Waals surface area contributed by atoms with Crippen molar-refractivity contribution >= 4 is 5.97 Å². The second kappa shape index (κ2) is 12.3. The van der Waals surface area contributed by atoms with E-state index < -0.39 is 0 Å². The summed E-state index contributed by atoms with van der Waals surface area (Å²) in [4.78, 5) is 20.9. The third kappa shape index (κ3) is 7.79. The Bertz CT molecular complexity index is 696. The number of esters is 1. The van der Waals surface area contributed by atoms with Crippen molar-refractivity contribution in [3.63, 3.8) is 0 Å². The number of aryl methyl sites for hydroxylation is 1. The van der Waals surface area contributed by atoms with Gasteiger partial charge in [0.1, 0.15) is 5.75 Å². The van der Waals surface area contributed by atoms with E-state index in [-0.39, 0.29) is 5.97 Å². The van der Waals surface area contributed by atoms with Crippen LogP contribution in [0.3, 0.4) is 0 Å². The maximum Gasteiger partial charge on any atom is 0.311 e. The molecule has 152 valence electrons. The second-order valence-electron chi connectivity index (χ2n) is 7.63. The number of hydrogen-bond acceptors (Lipinski definition) is 4. The lowest BCUT2D eigenvalue weighted by Gasteiger charge is -2.08. The molecule has 1 unspecified atom stereocenters. The van der Waals surface area contributed by atoms with Crippen LogP contribution in [-0.4, -0.2) is 15.9 Å². The van der Waals surface area contributed by atoms with Gasteiger partial charge in [0.05, 0.1) is 0 Å². The summed E-state index contributed by atoms with van der Waals surface area (Å²) in [5.74, 6) is 1.84. The van der Waals surface area contributed by atoms with Gasteiger partial charge < -0.3 is 4.74 Å². The summed E-state index contributed by atoms with van der Waals surface area (Å²) in [5.41, 5.74) is 2.10. The van der Waals surface area contributed by atoms with Crippen molar-refractivity contribution in [2.75, 3.05) is 0 Å². The number of unbranched alkanes of at least 4 members (excludes halogenated alkanes) is 3. The topological polar surface area (TPSA) is 52.1 Å². The van der Waals surface area contributed by atoms with Gasteiger partial charge in [-0.2, -0.15) is 0 Å². The van der Waals surface area contributed by atoms with Gasteiger partial charge in [-0.25, -0.2) is 9.97 Å². The van der Waals surface area contributed by atoms with Gasteiger partial charge in [-0.05, 0) is 55.0 Å². The van der Waals surface area contributed by atoms with E-state index in [1.165, 1.54) is 37.7 Å². The van der Waals surface area contributed by atoms with Crippen LogP contribution >= 0.6 is 0 Å². The number of hydrogen-bond donors (Lipinski definition) is 0. The summed E-state index contributed by atoms with van der Waals surface area (Å²) in [6, 6.07) is 7.42. The van der Waals surface area contributed by atoms with Crippen LogP contribution in [0, 0.1) is 5.92 Å². The molecule has 0 N–H and O–H groups in total. The molecule has 2 aromatic rings. The molecule has 0 amide bonds. The minimum absolute atomic E-state index is 0.162. The zero-order chi connectivity index (χ0) is 20.2. The Morgan fingerprint density at radius 1 is 1.00 bits per heavy atom. The summed E-state index contributed by atoms with van der Waals surface area (Å²) < 4.78 is 5.43. The molecule has 4 heteroatoms. The third-order valence-corrected chi connectivity index (χ3v) is 5.14. The van der Waals surface area contributed by atoms with E-state index in [2.05, 4.69) is 30.7 Å². The van der Waals surface area contributed by atoms with Crippen molar-refractivity contribution in [2.45, 2.75) is 78.6 Å². The number of ether oxygens (including phenoxy) is 1. The number of benzene rings is 1. The lowest BCUT2D eigenvalue weighted by atomic mass is 10.0. The molecule has 1 aromatic heterocycles. The quantitative estimate of drug-likeness (QED) is 0.242. The van der Waals surface area contributed by atoms with E-state index in [9.17, 15) is 4.79 Å². The third-order valence-electron chi connectivity index (χ3n) is 5.14. The Morgan fingerprint density at radius 2 is 1.71 bits per heavy atom. The first-order chi connectivity index (χ1) is 13.6. The first-order valence-electron chi connectivity index (χ1n) is 10.7. The van der Waals surface area contributed by atoms with E-state index >= 15 is 0 Å². The number of nitrogens with zero attached hydrogens (tertiary/aromatic N) is 2. The monoisotopic (exact) mass is 382 g/mol. The molecule has 0 bridgehead atoms. The Morgan fingerprint density at radius 3 is 2.36 bits per heavy atom. The van der Waals surface area contributed by atoms with E-state index in [1.54, 1.807) is 0 Å². The lowest BCUT2D eigenvalue weighted by molar-refractivity contribution is -0.134. The first kappa shape index (κ1) is 22.1. The predicted molar refractivity (Wildman–Crippen MR) is 114 cm³/mol. The van der Waals surface area contributed by atoms with Crippen molar-refractivity contribution < 1.29 is 9.53 Å². The number of carbonyl (C=O) groups excluding carboxylic acids is 1. The highest BCUT2D eigenvalue weighted by Gasteiger charge is 2.07. The molecule has 1 atom stereocenters. The Balaban J connectivity index is 1.80. The summed E-state index contributed by atoms with van der Waals surface area (Å²) in [6.07, 6.45) is 13.3. The summed E-state index contributed by atoms with van der Waals surface area (Å²) in [5, 5.41) is 0. The van der Waals surface area contributed by atoms with Crippen LogP contribution in [0.25, 0.3) is 11.4 Å². The van der Waals surface area contributed by atoms with Crippen LogP contribution in [0.15, 0.2) is 36.7 Å². The molecule has 0 aliphatic rings. The molecule has 0 radical (unpaired) electrons. The van der Waals surface area contributed by atoms with Crippen molar-refractivity contribution in [1.29, 1.82) is 0 Å². The summed E-state index contributed by atoms with van der Waals surface area (Å²) in [6.45, 7) is 6.66. The Kier molecular flexibility index (Phi) is 9.67. The van der Waals surface area contributed by atoms with Gasteiger partial charge in [0.25, 0.3) is 0 Å². The lowest BCUT2D eigenvalue weighted by Crippen LogP contribution is -2.07. The average Bonchev–Trinajstić information content (AvgIpc) is 2.72. The highest BCUT2D eigenvalue weighted by Crippen LogP contribution is 2.20. The zero-order valence-electron chi connectivity index (χ0n) is 17.6. The second-order valence-corrected chi connectivity index (χ2v) is 7.63. The van der Waals surface area contributed by atoms with E-state index in [4.69, 9.17) is 4.74 Å². The largest absolute Gasteiger partial charge is 0.427 e. The van der Waals surface area contributed by atoms with Crippen LogP contribution in [-0.2, 0) is 11.2 Å². The molecular weight excluding hydrogens is 348 g/mol. The molecular formula is C24H34N2O2. The molecule has 0 saturated carbocycles. The van der Waals surface area contributed by atoms with E-state index in [0.29, 0.717) is 18.0 Å². The minimum atomic E-state index is -0.162. The smallest absolute Gasteiger partial charge is 0.311 e. The van der Waals surface area contributed by atoms with Gasteiger partial charge in [0.2, 0.25) is 0 Å². The summed E-state index contributed by atoms with van der Waals surface area (Å²) in [7, 11) is 0. The zero-order valence-corrected chi connectivity index (χ0v) is 17.6. The fourth-order valence-electron chi connectivity index (χ4n) is 3.03. The minimum Gasteiger partial charge on any atom is -0.427 e. The molecule has 0 saturated heterocycles. The molecule has 1 aromatic carbocycles. The standard InChI is InChI=1S/C24H34N2O2/c1-4-6-7-11-20-17-25-24(26-18-20)21-13-15-22(16-14-21)28-23(27)12-9-8-10-19(3)5-2/h13-19H,4-12H2,1-3H3. The van der Waals surface area contributed by atoms with Gasteiger partial charge in [-0.15, -0.1) is 0 Å². The normalized spacial score (nSPS) is 12.0. The van der Waals surface area contributed by atoms with E-state index in [0.717, 1.165) is 30.7 Å². The average molecular weight is 383 g/mol. The molecule has 0 aliphatic heterocycles. The molecule has 4 nitrogen and oxygen atoms in total. The van der Waals surface area contributed by atoms with Crippen LogP contribution in [0.2, 0.25) is 0 Å². The van der Waals surface area contributed by atoms with Crippen LogP contribution in [0.4, 0.5) is 0 Å². The van der Waals surface area contributed by atoms with Crippen molar-refractivity contribution in [3.8, 4) is 17.1 Å². The van der Waals surface area contributed by atoms with Crippen LogP contribution < -0.4 is 4.74 Å². The van der Waals surface area contributed by atoms with Crippen molar-refractivity contribution in [2.24, 2.45) is 5.92 Å². The molecule has 0 aliphatic carbocycles. The fourth-order valence-corrected chi connectivity index (χ4v) is 3.03. The maximum absolute atomic E-state index is 12.0. The molecule has 28 heavy (non-hydrogen) atoms. The number of aromatic nitrogens is 2. The van der Waals surface area contributed by atoms with Gasteiger partial charge in [-0.3, -0.25) is 4.79 Å².